The van der Waals surface area contributed by atoms with Crippen LogP contribution in [0.4, 0.5) is 5.69 Å². The summed E-state index contributed by atoms with van der Waals surface area (Å²) in [4.78, 5) is 2.38. The van der Waals surface area contributed by atoms with Gasteiger partial charge in [0.15, 0.2) is 0 Å². The van der Waals surface area contributed by atoms with Crippen molar-refractivity contribution in [2.75, 3.05) is 25.1 Å². The van der Waals surface area contributed by atoms with Crippen LogP contribution in [0.1, 0.15) is 24.0 Å². The van der Waals surface area contributed by atoms with Gasteiger partial charge in [-0.1, -0.05) is 30.3 Å². The standard InChI is InChI=1S/C20H22N2O/c1-23-20(15-17-5-3-2-4-6-17)11-13-22(14-12-20)19-9-7-18(16-21)8-10-19/h2-10H,11-15H2,1H3. The second-order valence-electron chi connectivity index (χ2n) is 6.20. The molecule has 23 heavy (non-hydrogen) atoms. The topological polar surface area (TPSA) is 36.3 Å². The van der Waals surface area contributed by atoms with Crippen LogP contribution in [0.25, 0.3) is 0 Å². The molecule has 3 rings (SSSR count). The second kappa shape index (κ2) is 6.85. The minimum absolute atomic E-state index is 0.0650. The van der Waals surface area contributed by atoms with Crippen molar-refractivity contribution in [3.8, 4) is 6.07 Å². The van der Waals surface area contributed by atoms with E-state index < -0.39 is 0 Å². The van der Waals surface area contributed by atoms with E-state index in [1.54, 1.807) is 0 Å². The highest BCUT2D eigenvalue weighted by molar-refractivity contribution is 5.50. The van der Waals surface area contributed by atoms with Gasteiger partial charge < -0.3 is 9.64 Å². The molecule has 0 saturated carbocycles. The molecular weight excluding hydrogens is 284 g/mol. The first-order chi connectivity index (χ1) is 11.2. The van der Waals surface area contributed by atoms with Crippen LogP contribution in [0, 0.1) is 11.3 Å². The van der Waals surface area contributed by atoms with E-state index in [1.807, 2.05) is 31.4 Å². The lowest BCUT2D eigenvalue weighted by Gasteiger charge is -2.42. The lowest BCUT2D eigenvalue weighted by atomic mass is 9.85. The van der Waals surface area contributed by atoms with Crippen molar-refractivity contribution in [2.45, 2.75) is 24.9 Å². The molecule has 0 N–H and O–H groups in total. The van der Waals surface area contributed by atoms with Crippen LogP contribution in [0.15, 0.2) is 54.6 Å². The summed E-state index contributed by atoms with van der Waals surface area (Å²) in [6.45, 7) is 1.96. The predicted octanol–water partition coefficient (Wildman–Crippen LogP) is 3.79. The van der Waals surface area contributed by atoms with Crippen molar-refractivity contribution >= 4 is 5.69 Å². The van der Waals surface area contributed by atoms with Gasteiger partial charge in [-0.15, -0.1) is 0 Å². The molecule has 0 unspecified atom stereocenters. The van der Waals surface area contributed by atoms with Crippen LogP contribution >= 0.6 is 0 Å². The zero-order valence-electron chi connectivity index (χ0n) is 13.5. The molecule has 1 heterocycles. The monoisotopic (exact) mass is 306 g/mol. The maximum Gasteiger partial charge on any atom is 0.0991 e. The van der Waals surface area contributed by atoms with E-state index in [9.17, 15) is 0 Å². The number of ether oxygens (including phenoxy) is 1. The number of methoxy groups -OCH3 is 1. The number of nitrogens with zero attached hydrogens (tertiary/aromatic N) is 2. The first-order valence-electron chi connectivity index (χ1n) is 8.09. The number of benzene rings is 2. The zero-order chi connectivity index (χ0) is 16.1. The van der Waals surface area contributed by atoms with E-state index in [0.29, 0.717) is 5.56 Å². The molecule has 1 aliphatic heterocycles. The summed E-state index contributed by atoms with van der Waals surface area (Å²) in [5.41, 5.74) is 3.17. The van der Waals surface area contributed by atoms with Crippen molar-refractivity contribution in [1.82, 2.24) is 0 Å². The van der Waals surface area contributed by atoms with Gasteiger partial charge in [-0.2, -0.15) is 5.26 Å². The summed E-state index contributed by atoms with van der Waals surface area (Å²) in [5, 5.41) is 8.90. The van der Waals surface area contributed by atoms with Gasteiger partial charge in [0.25, 0.3) is 0 Å². The Bertz CT molecular complexity index is 665. The Labute approximate surface area is 138 Å². The Morgan fingerprint density at radius 2 is 1.70 bits per heavy atom. The Morgan fingerprint density at radius 1 is 1.04 bits per heavy atom. The summed E-state index contributed by atoms with van der Waals surface area (Å²) in [6.07, 6.45) is 2.99. The van der Waals surface area contributed by atoms with Crippen molar-refractivity contribution in [1.29, 1.82) is 5.26 Å². The van der Waals surface area contributed by atoms with Crippen molar-refractivity contribution in [3.05, 3.63) is 65.7 Å². The fraction of sp³-hybridized carbons (Fsp3) is 0.350. The SMILES string of the molecule is COC1(Cc2ccccc2)CCN(c2ccc(C#N)cc2)CC1. The highest BCUT2D eigenvalue weighted by atomic mass is 16.5. The summed E-state index contributed by atoms with van der Waals surface area (Å²) < 4.78 is 5.93. The lowest BCUT2D eigenvalue weighted by molar-refractivity contribution is -0.0289. The van der Waals surface area contributed by atoms with E-state index in [0.717, 1.165) is 32.4 Å². The molecule has 0 spiro atoms. The van der Waals surface area contributed by atoms with Crippen LogP contribution in [0.2, 0.25) is 0 Å². The van der Waals surface area contributed by atoms with Crippen molar-refractivity contribution in [3.63, 3.8) is 0 Å². The van der Waals surface area contributed by atoms with Gasteiger partial charge in [-0.25, -0.2) is 0 Å². The largest absolute Gasteiger partial charge is 0.378 e. The number of hydrogen-bond donors (Lipinski definition) is 0. The molecular formula is C20H22N2O. The maximum atomic E-state index is 8.90. The van der Waals surface area contributed by atoms with Gasteiger partial charge >= 0.3 is 0 Å². The van der Waals surface area contributed by atoms with Crippen LogP contribution in [0.3, 0.4) is 0 Å². The smallest absolute Gasteiger partial charge is 0.0991 e. The number of rotatable bonds is 4. The van der Waals surface area contributed by atoms with Crippen LogP contribution in [-0.2, 0) is 11.2 Å². The fourth-order valence-electron chi connectivity index (χ4n) is 3.34. The first-order valence-corrected chi connectivity index (χ1v) is 8.09. The highest BCUT2D eigenvalue weighted by Gasteiger charge is 2.34. The molecule has 0 amide bonds. The van der Waals surface area contributed by atoms with Crippen LogP contribution < -0.4 is 4.90 Å². The van der Waals surface area contributed by atoms with Gasteiger partial charge in [0.2, 0.25) is 0 Å². The van der Waals surface area contributed by atoms with E-state index in [-0.39, 0.29) is 5.60 Å². The third kappa shape index (κ3) is 3.55. The molecule has 1 aliphatic rings. The third-order valence-electron chi connectivity index (χ3n) is 4.84. The van der Waals surface area contributed by atoms with E-state index in [2.05, 4.69) is 41.3 Å². The normalized spacial score (nSPS) is 16.8. The summed E-state index contributed by atoms with van der Waals surface area (Å²) in [5.74, 6) is 0. The number of hydrogen-bond acceptors (Lipinski definition) is 3. The van der Waals surface area contributed by atoms with Crippen LogP contribution in [0.5, 0.6) is 0 Å². The number of nitriles is 1. The number of anilines is 1. The lowest BCUT2D eigenvalue weighted by Crippen LogP contribution is -2.47. The molecule has 2 aromatic rings. The quantitative estimate of drug-likeness (QED) is 0.862. The summed E-state index contributed by atoms with van der Waals surface area (Å²) in [6, 6.07) is 20.6. The van der Waals surface area contributed by atoms with Crippen molar-refractivity contribution < 1.29 is 4.74 Å². The Morgan fingerprint density at radius 3 is 2.26 bits per heavy atom. The highest BCUT2D eigenvalue weighted by Crippen LogP contribution is 2.32. The van der Waals surface area contributed by atoms with Crippen molar-refractivity contribution in [2.24, 2.45) is 0 Å². The van der Waals surface area contributed by atoms with E-state index >= 15 is 0 Å². The molecule has 0 aromatic heterocycles. The summed E-state index contributed by atoms with van der Waals surface area (Å²) in [7, 11) is 1.83. The molecule has 0 aliphatic carbocycles. The average molecular weight is 306 g/mol. The predicted molar refractivity (Wildman–Crippen MR) is 92.5 cm³/mol. The van der Waals surface area contributed by atoms with E-state index in [1.165, 1.54) is 11.3 Å². The van der Waals surface area contributed by atoms with Gasteiger partial charge in [0.1, 0.15) is 0 Å². The molecule has 1 fully saturated rings. The minimum Gasteiger partial charge on any atom is -0.378 e. The molecule has 0 atom stereocenters. The molecule has 2 aromatic carbocycles. The second-order valence-corrected chi connectivity index (χ2v) is 6.20. The maximum absolute atomic E-state index is 8.90. The Hall–Kier alpha value is -2.31. The minimum atomic E-state index is -0.0650. The molecule has 0 bridgehead atoms. The number of piperidine rings is 1. The Kier molecular flexibility index (Phi) is 4.64. The molecule has 0 radical (unpaired) electrons. The van der Waals surface area contributed by atoms with Gasteiger partial charge in [0.05, 0.1) is 17.2 Å². The van der Waals surface area contributed by atoms with Gasteiger partial charge in [-0.05, 0) is 42.7 Å². The molecule has 1 saturated heterocycles. The van der Waals surface area contributed by atoms with Gasteiger partial charge in [-0.3, -0.25) is 0 Å². The fourth-order valence-corrected chi connectivity index (χ4v) is 3.34. The average Bonchev–Trinajstić information content (AvgIpc) is 2.63. The molecule has 3 nitrogen and oxygen atoms in total. The summed E-state index contributed by atoms with van der Waals surface area (Å²) >= 11 is 0. The van der Waals surface area contributed by atoms with Gasteiger partial charge in [0, 0.05) is 32.3 Å². The molecule has 118 valence electrons. The van der Waals surface area contributed by atoms with E-state index in [4.69, 9.17) is 10.00 Å². The molecule has 3 heteroatoms. The Balaban J connectivity index is 1.67. The first kappa shape index (κ1) is 15.6. The zero-order valence-corrected chi connectivity index (χ0v) is 13.5. The van der Waals surface area contributed by atoms with Crippen LogP contribution in [-0.4, -0.2) is 25.8 Å². The third-order valence-corrected chi connectivity index (χ3v) is 4.84.